The molecule has 68 valence electrons. The third-order valence-corrected chi connectivity index (χ3v) is 2.77. The van der Waals surface area contributed by atoms with Gasteiger partial charge < -0.3 is 4.90 Å². The number of amidine groups is 1. The largest absolute Gasteiger partial charge is 0.355 e. The number of hydrogen-bond donors (Lipinski definition) is 0. The van der Waals surface area contributed by atoms with Crippen molar-refractivity contribution >= 4 is 5.84 Å². The Morgan fingerprint density at radius 1 is 1.42 bits per heavy atom. The Bertz CT molecular complexity index is 212. The number of fused-ring (bicyclic) bond motifs is 1. The summed E-state index contributed by atoms with van der Waals surface area (Å²) in [6, 6.07) is 0.749. The summed E-state index contributed by atoms with van der Waals surface area (Å²) in [5.41, 5.74) is 0.249. The van der Waals surface area contributed by atoms with Gasteiger partial charge in [0.05, 0.1) is 6.54 Å². The fourth-order valence-electron chi connectivity index (χ4n) is 2.26. The zero-order chi connectivity index (χ0) is 8.77. The van der Waals surface area contributed by atoms with Crippen LogP contribution >= 0.6 is 0 Å². The summed E-state index contributed by atoms with van der Waals surface area (Å²) in [5, 5.41) is 0. The lowest BCUT2D eigenvalue weighted by atomic mass is 9.94. The molecule has 0 spiro atoms. The van der Waals surface area contributed by atoms with Gasteiger partial charge in [-0.3, -0.25) is 4.99 Å². The molecule has 1 unspecified atom stereocenters. The lowest BCUT2D eigenvalue weighted by Crippen LogP contribution is -2.38. The molecule has 0 amide bonds. The van der Waals surface area contributed by atoms with E-state index in [1.165, 1.54) is 25.2 Å². The predicted octanol–water partition coefficient (Wildman–Crippen LogP) is 1.91. The fourth-order valence-corrected chi connectivity index (χ4v) is 2.26. The van der Waals surface area contributed by atoms with Crippen molar-refractivity contribution in [3.05, 3.63) is 0 Å². The van der Waals surface area contributed by atoms with Gasteiger partial charge in [-0.2, -0.15) is 0 Å². The average Bonchev–Trinajstić information content (AvgIpc) is 2.37. The van der Waals surface area contributed by atoms with E-state index in [1.807, 2.05) is 0 Å². The van der Waals surface area contributed by atoms with Gasteiger partial charge in [-0.15, -0.1) is 0 Å². The zero-order valence-electron chi connectivity index (χ0n) is 8.30. The summed E-state index contributed by atoms with van der Waals surface area (Å²) in [4.78, 5) is 7.15. The highest BCUT2D eigenvalue weighted by molar-refractivity contribution is 5.89. The molecule has 2 rings (SSSR count). The molecular weight excluding hydrogens is 148 g/mol. The van der Waals surface area contributed by atoms with E-state index < -0.39 is 0 Å². The van der Waals surface area contributed by atoms with Gasteiger partial charge in [-0.1, -0.05) is 20.8 Å². The molecule has 0 aromatic rings. The molecule has 1 atom stereocenters. The molecule has 2 aliphatic rings. The smallest absolute Gasteiger partial charge is 0.105 e. The van der Waals surface area contributed by atoms with Crippen molar-refractivity contribution in [3.63, 3.8) is 0 Å². The standard InChI is InChI=1S/C10H18N2/c1-10(2,3)9-11-7-8-5-4-6-12(8)9/h8H,4-7H2,1-3H3. The summed E-state index contributed by atoms with van der Waals surface area (Å²) in [7, 11) is 0. The Kier molecular flexibility index (Phi) is 1.67. The first kappa shape index (κ1) is 8.09. The summed E-state index contributed by atoms with van der Waals surface area (Å²) in [6.07, 6.45) is 2.71. The maximum absolute atomic E-state index is 4.63. The number of aliphatic imine (C=N–C) groups is 1. The molecule has 0 radical (unpaired) electrons. The van der Waals surface area contributed by atoms with Crippen LogP contribution in [-0.4, -0.2) is 29.9 Å². The minimum Gasteiger partial charge on any atom is -0.355 e. The third-order valence-electron chi connectivity index (χ3n) is 2.77. The van der Waals surface area contributed by atoms with Gasteiger partial charge in [0.1, 0.15) is 5.84 Å². The van der Waals surface area contributed by atoms with Gasteiger partial charge in [-0.05, 0) is 12.8 Å². The molecule has 1 fully saturated rings. The van der Waals surface area contributed by atoms with Crippen LogP contribution in [0.15, 0.2) is 4.99 Å². The second kappa shape index (κ2) is 2.48. The molecule has 0 aromatic heterocycles. The van der Waals surface area contributed by atoms with Crippen molar-refractivity contribution in [2.24, 2.45) is 10.4 Å². The van der Waals surface area contributed by atoms with Crippen LogP contribution in [-0.2, 0) is 0 Å². The van der Waals surface area contributed by atoms with Crippen molar-refractivity contribution < 1.29 is 0 Å². The monoisotopic (exact) mass is 166 g/mol. The van der Waals surface area contributed by atoms with Crippen molar-refractivity contribution in [3.8, 4) is 0 Å². The second-order valence-corrected chi connectivity index (χ2v) is 4.90. The second-order valence-electron chi connectivity index (χ2n) is 4.90. The Hall–Kier alpha value is -0.530. The van der Waals surface area contributed by atoms with Crippen molar-refractivity contribution in [2.45, 2.75) is 39.7 Å². The Labute approximate surface area is 74.7 Å². The van der Waals surface area contributed by atoms with Crippen LogP contribution in [0, 0.1) is 5.41 Å². The first-order chi connectivity index (χ1) is 5.59. The molecule has 2 nitrogen and oxygen atoms in total. The number of hydrogen-bond acceptors (Lipinski definition) is 2. The van der Waals surface area contributed by atoms with Crippen LogP contribution in [0.25, 0.3) is 0 Å². The van der Waals surface area contributed by atoms with Gasteiger partial charge in [0.15, 0.2) is 0 Å². The fraction of sp³-hybridized carbons (Fsp3) is 0.900. The Morgan fingerprint density at radius 3 is 2.83 bits per heavy atom. The molecular formula is C10H18N2. The predicted molar refractivity (Wildman–Crippen MR) is 51.5 cm³/mol. The van der Waals surface area contributed by atoms with Gasteiger partial charge in [0.25, 0.3) is 0 Å². The first-order valence-corrected chi connectivity index (χ1v) is 4.90. The van der Waals surface area contributed by atoms with E-state index in [0.717, 1.165) is 12.6 Å². The maximum atomic E-state index is 4.63. The summed E-state index contributed by atoms with van der Waals surface area (Å²) in [6.45, 7) is 9.05. The van der Waals surface area contributed by atoms with Crippen LogP contribution in [0.4, 0.5) is 0 Å². The topological polar surface area (TPSA) is 15.6 Å². The van der Waals surface area contributed by atoms with E-state index in [2.05, 4.69) is 30.7 Å². The van der Waals surface area contributed by atoms with E-state index in [1.54, 1.807) is 0 Å². The lowest BCUT2D eigenvalue weighted by Gasteiger charge is -2.28. The van der Waals surface area contributed by atoms with Gasteiger partial charge in [0.2, 0.25) is 0 Å². The molecule has 1 saturated heterocycles. The molecule has 0 saturated carbocycles. The SMILES string of the molecule is CC(C)(C)C1=NCC2CCCN12. The van der Waals surface area contributed by atoms with Crippen molar-refractivity contribution in [1.82, 2.24) is 4.90 Å². The molecule has 2 aliphatic heterocycles. The van der Waals surface area contributed by atoms with Gasteiger partial charge >= 0.3 is 0 Å². The van der Waals surface area contributed by atoms with Crippen LogP contribution in [0.2, 0.25) is 0 Å². The van der Waals surface area contributed by atoms with E-state index in [9.17, 15) is 0 Å². The highest BCUT2D eigenvalue weighted by Gasteiger charge is 2.36. The molecule has 2 heteroatoms. The number of rotatable bonds is 0. The van der Waals surface area contributed by atoms with Gasteiger partial charge in [0, 0.05) is 18.0 Å². The van der Waals surface area contributed by atoms with Crippen LogP contribution in [0.1, 0.15) is 33.6 Å². The Morgan fingerprint density at radius 2 is 2.17 bits per heavy atom. The quantitative estimate of drug-likeness (QED) is 0.536. The molecule has 0 aromatic carbocycles. The summed E-state index contributed by atoms with van der Waals surface area (Å²) < 4.78 is 0. The highest BCUT2D eigenvalue weighted by atomic mass is 15.3. The van der Waals surface area contributed by atoms with E-state index in [0.29, 0.717) is 0 Å². The van der Waals surface area contributed by atoms with E-state index >= 15 is 0 Å². The summed E-state index contributed by atoms with van der Waals surface area (Å²) >= 11 is 0. The van der Waals surface area contributed by atoms with Crippen LogP contribution in [0.3, 0.4) is 0 Å². The zero-order valence-corrected chi connectivity index (χ0v) is 8.30. The number of nitrogens with zero attached hydrogens (tertiary/aromatic N) is 2. The summed E-state index contributed by atoms with van der Waals surface area (Å²) in [5.74, 6) is 1.34. The Balaban J connectivity index is 2.18. The maximum Gasteiger partial charge on any atom is 0.105 e. The highest BCUT2D eigenvalue weighted by Crippen LogP contribution is 2.30. The van der Waals surface area contributed by atoms with E-state index in [-0.39, 0.29) is 5.41 Å². The average molecular weight is 166 g/mol. The molecule has 12 heavy (non-hydrogen) atoms. The molecule has 0 bridgehead atoms. The normalized spacial score (nSPS) is 29.1. The molecule has 0 aliphatic carbocycles. The van der Waals surface area contributed by atoms with Crippen LogP contribution < -0.4 is 0 Å². The van der Waals surface area contributed by atoms with E-state index in [4.69, 9.17) is 0 Å². The van der Waals surface area contributed by atoms with Crippen molar-refractivity contribution in [1.29, 1.82) is 0 Å². The van der Waals surface area contributed by atoms with Crippen LogP contribution in [0.5, 0.6) is 0 Å². The molecule has 2 heterocycles. The molecule has 0 N–H and O–H groups in total. The minimum absolute atomic E-state index is 0.249. The van der Waals surface area contributed by atoms with Crippen molar-refractivity contribution in [2.75, 3.05) is 13.1 Å². The minimum atomic E-state index is 0.249. The first-order valence-electron chi connectivity index (χ1n) is 4.90. The van der Waals surface area contributed by atoms with Gasteiger partial charge in [-0.25, -0.2) is 0 Å². The third kappa shape index (κ3) is 1.13. The lowest BCUT2D eigenvalue weighted by molar-refractivity contribution is 0.387.